The van der Waals surface area contributed by atoms with E-state index in [1.54, 1.807) is 5.38 Å². The lowest BCUT2D eigenvalue weighted by Crippen LogP contribution is -2.23. The summed E-state index contributed by atoms with van der Waals surface area (Å²) in [7, 11) is 0. The van der Waals surface area contributed by atoms with Crippen LogP contribution in [0.5, 0.6) is 11.5 Å². The Balaban J connectivity index is 1.62. The van der Waals surface area contributed by atoms with E-state index in [0.717, 1.165) is 16.3 Å². The van der Waals surface area contributed by atoms with Gasteiger partial charge in [0.25, 0.3) is 5.91 Å². The highest BCUT2D eigenvalue weighted by Gasteiger charge is 2.15. The van der Waals surface area contributed by atoms with Gasteiger partial charge in [0.1, 0.15) is 10.7 Å². The van der Waals surface area contributed by atoms with Gasteiger partial charge in [0, 0.05) is 11.9 Å². The molecule has 1 aromatic heterocycles. The minimum absolute atomic E-state index is 0.162. The van der Waals surface area contributed by atoms with Crippen LogP contribution in [0.15, 0.2) is 23.6 Å². The van der Waals surface area contributed by atoms with Crippen molar-refractivity contribution in [3.63, 3.8) is 0 Å². The quantitative estimate of drug-likeness (QED) is 0.900. The molecule has 2 aromatic rings. The van der Waals surface area contributed by atoms with Gasteiger partial charge in [0.15, 0.2) is 11.5 Å². The predicted octanol–water partition coefficient (Wildman–Crippen LogP) is 1.82. The first-order valence-corrected chi connectivity index (χ1v) is 7.39. The van der Waals surface area contributed by atoms with Gasteiger partial charge in [-0.15, -0.1) is 11.3 Å². The van der Waals surface area contributed by atoms with Crippen molar-refractivity contribution in [1.82, 2.24) is 10.3 Å². The number of benzene rings is 1. The van der Waals surface area contributed by atoms with E-state index in [1.165, 1.54) is 11.3 Å². The SMILES string of the molecule is CC(N)c1nc(C(=O)NCc2ccc3c(c2)OCO3)cs1. The number of nitrogens with zero attached hydrogens (tertiary/aromatic N) is 1. The molecule has 6 nitrogen and oxygen atoms in total. The fourth-order valence-electron chi connectivity index (χ4n) is 1.92. The van der Waals surface area contributed by atoms with E-state index in [-0.39, 0.29) is 18.7 Å². The van der Waals surface area contributed by atoms with E-state index in [0.29, 0.717) is 18.0 Å². The zero-order valence-electron chi connectivity index (χ0n) is 11.5. The van der Waals surface area contributed by atoms with Gasteiger partial charge < -0.3 is 20.5 Å². The minimum atomic E-state index is -0.212. The number of carbonyl (C=O) groups is 1. The first kappa shape index (κ1) is 13.8. The molecular weight excluding hydrogens is 290 g/mol. The van der Waals surface area contributed by atoms with E-state index in [1.807, 2.05) is 25.1 Å². The van der Waals surface area contributed by atoms with Crippen LogP contribution in [0.1, 0.15) is 34.0 Å². The van der Waals surface area contributed by atoms with Crippen LogP contribution >= 0.6 is 11.3 Å². The number of rotatable bonds is 4. The third-order valence-electron chi connectivity index (χ3n) is 3.03. The average molecular weight is 305 g/mol. The zero-order valence-corrected chi connectivity index (χ0v) is 12.3. The van der Waals surface area contributed by atoms with Crippen molar-refractivity contribution in [1.29, 1.82) is 0 Å². The Kier molecular flexibility index (Phi) is 3.76. The molecule has 21 heavy (non-hydrogen) atoms. The lowest BCUT2D eigenvalue weighted by molar-refractivity contribution is 0.0946. The Labute approximate surface area is 125 Å². The van der Waals surface area contributed by atoms with Crippen LogP contribution < -0.4 is 20.5 Å². The number of carbonyl (C=O) groups excluding carboxylic acids is 1. The van der Waals surface area contributed by atoms with E-state index in [4.69, 9.17) is 15.2 Å². The number of fused-ring (bicyclic) bond motifs is 1. The molecule has 7 heteroatoms. The summed E-state index contributed by atoms with van der Waals surface area (Å²) >= 11 is 1.39. The molecule has 0 spiro atoms. The molecule has 1 aliphatic rings. The standard InChI is InChI=1S/C14H15N3O3S/c1-8(15)14-17-10(6-21-14)13(18)16-5-9-2-3-11-12(4-9)20-7-19-11/h2-4,6,8H,5,7,15H2,1H3,(H,16,18). The molecule has 2 heterocycles. The van der Waals surface area contributed by atoms with E-state index in [9.17, 15) is 4.79 Å². The largest absolute Gasteiger partial charge is 0.454 e. The van der Waals surface area contributed by atoms with Crippen LogP contribution in [0.3, 0.4) is 0 Å². The lowest BCUT2D eigenvalue weighted by Gasteiger charge is -2.05. The summed E-state index contributed by atoms with van der Waals surface area (Å²) in [5, 5.41) is 5.30. The van der Waals surface area contributed by atoms with Crippen LogP contribution in [0, 0.1) is 0 Å². The van der Waals surface area contributed by atoms with Crippen LogP contribution in [-0.2, 0) is 6.54 Å². The van der Waals surface area contributed by atoms with Gasteiger partial charge in [0.05, 0.1) is 6.04 Å². The topological polar surface area (TPSA) is 86.5 Å². The Hall–Kier alpha value is -2.12. The summed E-state index contributed by atoms with van der Waals surface area (Å²) in [6.45, 7) is 2.48. The van der Waals surface area contributed by atoms with E-state index < -0.39 is 0 Å². The van der Waals surface area contributed by atoms with Gasteiger partial charge in [-0.2, -0.15) is 0 Å². The monoisotopic (exact) mass is 305 g/mol. The smallest absolute Gasteiger partial charge is 0.271 e. The maximum Gasteiger partial charge on any atom is 0.271 e. The van der Waals surface area contributed by atoms with Gasteiger partial charge in [0.2, 0.25) is 6.79 Å². The minimum Gasteiger partial charge on any atom is -0.454 e. The second-order valence-corrected chi connectivity index (χ2v) is 5.62. The van der Waals surface area contributed by atoms with Crippen molar-refractivity contribution >= 4 is 17.2 Å². The fourth-order valence-corrected chi connectivity index (χ4v) is 2.68. The Morgan fingerprint density at radius 3 is 3.05 bits per heavy atom. The number of thiazole rings is 1. The highest BCUT2D eigenvalue weighted by atomic mass is 32.1. The highest BCUT2D eigenvalue weighted by molar-refractivity contribution is 7.09. The number of amides is 1. The number of nitrogens with one attached hydrogen (secondary N) is 1. The third-order valence-corrected chi connectivity index (χ3v) is 4.08. The van der Waals surface area contributed by atoms with E-state index in [2.05, 4.69) is 10.3 Å². The third kappa shape index (κ3) is 2.98. The Morgan fingerprint density at radius 2 is 2.29 bits per heavy atom. The number of hydrogen-bond acceptors (Lipinski definition) is 6. The maximum absolute atomic E-state index is 12.0. The van der Waals surface area contributed by atoms with Crippen LogP contribution in [0.4, 0.5) is 0 Å². The molecular formula is C14H15N3O3S. The van der Waals surface area contributed by atoms with Crippen LogP contribution in [0.2, 0.25) is 0 Å². The second kappa shape index (κ2) is 5.71. The number of nitrogens with two attached hydrogens (primary N) is 1. The zero-order chi connectivity index (χ0) is 14.8. The Morgan fingerprint density at radius 1 is 1.48 bits per heavy atom. The first-order chi connectivity index (χ1) is 10.1. The predicted molar refractivity (Wildman–Crippen MR) is 78.5 cm³/mol. The van der Waals surface area contributed by atoms with Crippen molar-refractivity contribution in [2.45, 2.75) is 19.5 Å². The van der Waals surface area contributed by atoms with Gasteiger partial charge in [-0.3, -0.25) is 4.79 Å². The molecule has 0 saturated heterocycles. The van der Waals surface area contributed by atoms with Crippen molar-refractivity contribution in [2.75, 3.05) is 6.79 Å². The van der Waals surface area contributed by atoms with Gasteiger partial charge in [-0.25, -0.2) is 4.98 Å². The van der Waals surface area contributed by atoms with Gasteiger partial charge in [-0.1, -0.05) is 6.07 Å². The Bertz CT molecular complexity index is 669. The van der Waals surface area contributed by atoms with Crippen molar-refractivity contribution in [3.05, 3.63) is 39.8 Å². The number of aromatic nitrogens is 1. The van der Waals surface area contributed by atoms with Crippen molar-refractivity contribution in [2.24, 2.45) is 5.73 Å². The molecule has 1 aliphatic heterocycles. The highest BCUT2D eigenvalue weighted by Crippen LogP contribution is 2.32. The summed E-state index contributed by atoms with van der Waals surface area (Å²) in [5.74, 6) is 1.22. The van der Waals surface area contributed by atoms with Crippen LogP contribution in [-0.4, -0.2) is 17.7 Å². The average Bonchev–Trinajstić information content (AvgIpc) is 3.12. The summed E-state index contributed by atoms with van der Waals surface area (Å²) in [4.78, 5) is 16.2. The van der Waals surface area contributed by atoms with Crippen molar-refractivity contribution < 1.29 is 14.3 Å². The molecule has 0 aliphatic carbocycles. The fraction of sp³-hybridized carbons (Fsp3) is 0.286. The summed E-state index contributed by atoms with van der Waals surface area (Å²) in [6, 6.07) is 5.42. The molecule has 3 rings (SSSR count). The molecule has 1 aromatic carbocycles. The molecule has 1 atom stereocenters. The summed E-state index contributed by atoms with van der Waals surface area (Å²) < 4.78 is 10.5. The maximum atomic E-state index is 12.0. The van der Waals surface area contributed by atoms with Gasteiger partial charge in [-0.05, 0) is 24.6 Å². The molecule has 1 unspecified atom stereocenters. The van der Waals surface area contributed by atoms with Gasteiger partial charge >= 0.3 is 0 Å². The molecule has 0 fully saturated rings. The van der Waals surface area contributed by atoms with E-state index >= 15 is 0 Å². The summed E-state index contributed by atoms with van der Waals surface area (Å²) in [6.07, 6.45) is 0. The lowest BCUT2D eigenvalue weighted by atomic mass is 10.2. The summed E-state index contributed by atoms with van der Waals surface area (Å²) in [5.41, 5.74) is 7.07. The second-order valence-electron chi connectivity index (χ2n) is 4.73. The normalized spacial score (nSPS) is 14.0. The molecule has 3 N–H and O–H groups in total. The molecule has 110 valence electrons. The number of hydrogen-bond donors (Lipinski definition) is 2. The van der Waals surface area contributed by atoms with Crippen molar-refractivity contribution in [3.8, 4) is 11.5 Å². The first-order valence-electron chi connectivity index (χ1n) is 6.51. The molecule has 0 bridgehead atoms. The molecule has 1 amide bonds. The molecule has 0 radical (unpaired) electrons. The molecule has 0 saturated carbocycles. The number of ether oxygens (including phenoxy) is 2. The van der Waals surface area contributed by atoms with Crippen LogP contribution in [0.25, 0.3) is 0 Å².